The highest BCUT2D eigenvalue weighted by Gasteiger charge is 2.29. The van der Waals surface area contributed by atoms with Gasteiger partial charge >= 0.3 is 6.18 Å². The second-order valence-electron chi connectivity index (χ2n) is 11.6. The van der Waals surface area contributed by atoms with Crippen molar-refractivity contribution in [3.63, 3.8) is 0 Å². The van der Waals surface area contributed by atoms with Crippen molar-refractivity contribution in [3.8, 4) is 0 Å². The smallest absolute Gasteiger partial charge is 0.339 e. The second-order valence-corrected chi connectivity index (χ2v) is 11.6. The molecule has 0 bridgehead atoms. The molecule has 1 amide bonds. The van der Waals surface area contributed by atoms with Gasteiger partial charge in [-0.2, -0.15) is 18.3 Å². The van der Waals surface area contributed by atoms with E-state index in [0.29, 0.717) is 37.3 Å². The first-order valence-corrected chi connectivity index (χ1v) is 15.1. The minimum Gasteiger partial charge on any atom is -0.339 e. The van der Waals surface area contributed by atoms with Gasteiger partial charge in [0.1, 0.15) is 0 Å². The van der Waals surface area contributed by atoms with E-state index in [2.05, 4.69) is 21.9 Å². The predicted octanol–water partition coefficient (Wildman–Crippen LogP) is 4.88. The number of benzene rings is 1. The molecular formula is C32H39F3N6O2. The number of hydrogen-bond acceptors (Lipinski definition) is 6. The number of Topliss-reactive ketones (excluding diaryl/α,β-unsaturated/α-hetero) is 1. The van der Waals surface area contributed by atoms with Gasteiger partial charge in [-0.15, -0.1) is 0 Å². The zero-order valence-corrected chi connectivity index (χ0v) is 24.7. The molecule has 8 nitrogen and oxygen atoms in total. The van der Waals surface area contributed by atoms with Gasteiger partial charge < -0.3 is 14.7 Å². The number of fused-ring (bicyclic) bond motifs is 1. The molecule has 0 spiro atoms. The van der Waals surface area contributed by atoms with Crippen LogP contribution in [0.4, 0.5) is 13.2 Å². The number of rotatable bonds is 11. The second kappa shape index (κ2) is 13.8. The average Bonchev–Trinajstić information content (AvgIpc) is 3.41. The van der Waals surface area contributed by atoms with Crippen molar-refractivity contribution in [2.45, 2.75) is 51.1 Å². The highest BCUT2D eigenvalue weighted by molar-refractivity contribution is 5.96. The molecule has 230 valence electrons. The van der Waals surface area contributed by atoms with Gasteiger partial charge in [0, 0.05) is 75.9 Å². The lowest BCUT2D eigenvalue weighted by Gasteiger charge is -2.32. The molecule has 0 aliphatic carbocycles. The number of nitrogens with zero attached hydrogens (tertiary/aromatic N) is 6. The topological polar surface area (TPSA) is 74.0 Å². The Morgan fingerprint density at radius 2 is 1.72 bits per heavy atom. The maximum absolute atomic E-state index is 12.7. The number of hydrogen-bond donors (Lipinski definition) is 0. The summed E-state index contributed by atoms with van der Waals surface area (Å²) in [7, 11) is 2.15. The summed E-state index contributed by atoms with van der Waals surface area (Å²) in [6.07, 6.45) is 1.29. The zero-order chi connectivity index (χ0) is 30.4. The van der Waals surface area contributed by atoms with Gasteiger partial charge in [-0.25, -0.2) is 9.50 Å². The number of alkyl halides is 3. The summed E-state index contributed by atoms with van der Waals surface area (Å²) >= 11 is 0. The fourth-order valence-electron chi connectivity index (χ4n) is 5.65. The SMILES string of the molecule is CN1CCN(CCCCC(=O)c2ccc(Cc3nc4c(C5=CCN(C(=O)CCC(F)(F)F)CC5)cccn4n3)cc2)CC1. The maximum atomic E-state index is 12.7. The van der Waals surface area contributed by atoms with E-state index in [1.807, 2.05) is 48.7 Å². The van der Waals surface area contributed by atoms with Crippen LogP contribution in [0.5, 0.6) is 0 Å². The Morgan fingerprint density at radius 3 is 2.42 bits per heavy atom. The van der Waals surface area contributed by atoms with Gasteiger partial charge in [0.05, 0.1) is 6.42 Å². The molecule has 2 aromatic heterocycles. The molecule has 0 N–H and O–H groups in total. The molecule has 11 heteroatoms. The van der Waals surface area contributed by atoms with Crippen molar-refractivity contribution >= 4 is 22.9 Å². The molecule has 0 saturated carbocycles. The summed E-state index contributed by atoms with van der Waals surface area (Å²) in [6.45, 7) is 6.11. The van der Waals surface area contributed by atoms with Crippen LogP contribution in [-0.4, -0.2) is 100 Å². The first-order chi connectivity index (χ1) is 20.6. The maximum Gasteiger partial charge on any atom is 0.389 e. The molecule has 0 radical (unpaired) electrons. The molecule has 0 unspecified atom stereocenters. The number of unbranched alkanes of at least 4 members (excludes halogenated alkanes) is 1. The number of halogens is 3. The molecule has 43 heavy (non-hydrogen) atoms. The predicted molar refractivity (Wildman–Crippen MR) is 159 cm³/mol. The molecule has 5 rings (SSSR count). The number of aromatic nitrogens is 3. The van der Waals surface area contributed by atoms with E-state index >= 15 is 0 Å². The van der Waals surface area contributed by atoms with E-state index in [1.54, 1.807) is 4.52 Å². The number of pyridine rings is 1. The van der Waals surface area contributed by atoms with Crippen LogP contribution in [0.25, 0.3) is 11.2 Å². The average molecular weight is 597 g/mol. The number of piperazine rings is 1. The lowest BCUT2D eigenvalue weighted by atomic mass is 10.00. The van der Waals surface area contributed by atoms with Gasteiger partial charge in [0.2, 0.25) is 5.91 Å². The quantitative estimate of drug-likeness (QED) is 0.232. The molecule has 3 aromatic rings. The standard InChI is InChI=1S/C32H39F3N6O2/c1-38-19-21-39(22-20-38)15-3-2-6-28(42)26-9-7-24(8-10-26)23-29-36-31-27(5-4-16-41(31)37-29)25-12-17-40(18-13-25)30(43)11-14-32(33,34)35/h4-5,7-10,12,16H,2-3,6,11,13-15,17-23H2,1H3. The van der Waals surface area contributed by atoms with Crippen LogP contribution in [-0.2, 0) is 11.2 Å². The van der Waals surface area contributed by atoms with Gasteiger partial charge in [-0.3, -0.25) is 9.59 Å². The fourth-order valence-corrected chi connectivity index (χ4v) is 5.65. The number of amides is 1. The highest BCUT2D eigenvalue weighted by Crippen LogP contribution is 2.27. The van der Waals surface area contributed by atoms with Gasteiger partial charge in [0.15, 0.2) is 17.3 Å². The Labute approximate surface area is 250 Å². The minimum absolute atomic E-state index is 0.168. The Hall–Kier alpha value is -3.57. The fraction of sp³-hybridized carbons (Fsp3) is 0.500. The number of ketones is 1. The van der Waals surface area contributed by atoms with Crippen LogP contribution in [0.1, 0.15) is 65.8 Å². The molecule has 1 aromatic carbocycles. The summed E-state index contributed by atoms with van der Waals surface area (Å²) in [5.74, 6) is 0.335. The molecular weight excluding hydrogens is 557 g/mol. The van der Waals surface area contributed by atoms with Gasteiger partial charge in [-0.05, 0) is 56.1 Å². The third kappa shape index (κ3) is 8.51. The summed E-state index contributed by atoms with van der Waals surface area (Å²) in [5.41, 5.74) is 4.33. The Balaban J connectivity index is 1.14. The number of carbonyl (C=O) groups is 2. The molecule has 2 aliphatic heterocycles. The number of likely N-dealkylation sites (N-methyl/N-ethyl adjacent to an activating group) is 1. The van der Waals surface area contributed by atoms with E-state index < -0.39 is 24.9 Å². The largest absolute Gasteiger partial charge is 0.389 e. The first-order valence-electron chi connectivity index (χ1n) is 15.1. The van der Waals surface area contributed by atoms with Crippen LogP contribution >= 0.6 is 0 Å². The summed E-state index contributed by atoms with van der Waals surface area (Å²) in [5, 5.41) is 4.64. The summed E-state index contributed by atoms with van der Waals surface area (Å²) in [6, 6.07) is 11.5. The van der Waals surface area contributed by atoms with E-state index in [1.165, 1.54) is 4.90 Å². The first kappa shape index (κ1) is 30.9. The lowest BCUT2D eigenvalue weighted by Crippen LogP contribution is -2.44. The van der Waals surface area contributed by atoms with Crippen molar-refractivity contribution in [2.75, 3.05) is 52.9 Å². The Morgan fingerprint density at radius 1 is 0.953 bits per heavy atom. The normalized spacial score (nSPS) is 16.9. The third-order valence-corrected chi connectivity index (χ3v) is 8.30. The lowest BCUT2D eigenvalue weighted by molar-refractivity contribution is -0.148. The van der Waals surface area contributed by atoms with Crippen molar-refractivity contribution < 1.29 is 22.8 Å². The van der Waals surface area contributed by atoms with E-state index in [9.17, 15) is 22.8 Å². The van der Waals surface area contributed by atoms with E-state index in [0.717, 1.165) is 67.8 Å². The van der Waals surface area contributed by atoms with Gasteiger partial charge in [-0.1, -0.05) is 30.3 Å². The molecule has 1 fully saturated rings. The van der Waals surface area contributed by atoms with Crippen molar-refractivity contribution in [1.82, 2.24) is 29.3 Å². The molecule has 0 atom stereocenters. The van der Waals surface area contributed by atoms with E-state index in [-0.39, 0.29) is 12.3 Å². The van der Waals surface area contributed by atoms with Gasteiger partial charge in [0.25, 0.3) is 0 Å². The Kier molecular flexibility index (Phi) is 9.92. The van der Waals surface area contributed by atoms with Crippen LogP contribution in [0.3, 0.4) is 0 Å². The van der Waals surface area contributed by atoms with E-state index in [4.69, 9.17) is 4.98 Å². The summed E-state index contributed by atoms with van der Waals surface area (Å²) < 4.78 is 39.2. The van der Waals surface area contributed by atoms with Crippen LogP contribution in [0.2, 0.25) is 0 Å². The van der Waals surface area contributed by atoms with Crippen LogP contribution < -0.4 is 0 Å². The van der Waals surface area contributed by atoms with Crippen molar-refractivity contribution in [2.24, 2.45) is 0 Å². The highest BCUT2D eigenvalue weighted by atomic mass is 19.4. The molecule has 2 aliphatic rings. The van der Waals surface area contributed by atoms with Crippen LogP contribution in [0, 0.1) is 0 Å². The molecule has 1 saturated heterocycles. The van der Waals surface area contributed by atoms with Crippen molar-refractivity contribution in [1.29, 1.82) is 0 Å². The monoisotopic (exact) mass is 596 g/mol. The molecule has 4 heterocycles. The number of carbonyl (C=O) groups excluding carboxylic acids is 2. The van der Waals surface area contributed by atoms with Crippen molar-refractivity contribution in [3.05, 3.63) is 71.2 Å². The summed E-state index contributed by atoms with van der Waals surface area (Å²) in [4.78, 5) is 36.0. The zero-order valence-electron chi connectivity index (χ0n) is 24.7. The minimum atomic E-state index is -4.34. The van der Waals surface area contributed by atoms with Crippen LogP contribution in [0.15, 0.2) is 48.7 Å². The Bertz CT molecular complexity index is 1440. The third-order valence-electron chi connectivity index (χ3n) is 8.30.